The van der Waals surface area contributed by atoms with Gasteiger partial charge in [-0.05, 0) is 57.0 Å². The van der Waals surface area contributed by atoms with Gasteiger partial charge in [-0.25, -0.2) is 8.42 Å². The highest BCUT2D eigenvalue weighted by molar-refractivity contribution is 7.89. The Hall–Kier alpha value is -2.89. The predicted molar refractivity (Wildman–Crippen MR) is 133 cm³/mol. The maximum absolute atomic E-state index is 13.4. The molecule has 1 aliphatic rings. The van der Waals surface area contributed by atoms with Crippen LogP contribution in [0.3, 0.4) is 0 Å². The number of thiophene rings is 1. The third kappa shape index (κ3) is 5.36. The number of sulfonamides is 1. The summed E-state index contributed by atoms with van der Waals surface area (Å²) in [5.74, 6) is 0.494. The van der Waals surface area contributed by atoms with Gasteiger partial charge in [0, 0.05) is 41.1 Å². The highest BCUT2D eigenvalue weighted by Crippen LogP contribution is 2.35. The average Bonchev–Trinajstić information content (AvgIpc) is 3.47. The largest absolute Gasteiger partial charge is 0.339 e. The molecule has 35 heavy (non-hydrogen) atoms. The summed E-state index contributed by atoms with van der Waals surface area (Å²) in [7, 11) is -3.72. The first kappa shape index (κ1) is 25.2. The van der Waals surface area contributed by atoms with Crippen molar-refractivity contribution in [3.05, 3.63) is 46.7 Å². The first-order valence-electron chi connectivity index (χ1n) is 11.4. The summed E-state index contributed by atoms with van der Waals surface area (Å²) in [6.45, 7) is 7.66. The zero-order chi connectivity index (χ0) is 25.3. The summed E-state index contributed by atoms with van der Waals surface area (Å²) in [6.07, 6.45) is 0.852. The van der Waals surface area contributed by atoms with E-state index in [9.17, 15) is 18.0 Å². The number of hydrogen-bond acceptors (Lipinski definition) is 8. The lowest BCUT2D eigenvalue weighted by atomic mass is 9.97. The van der Waals surface area contributed by atoms with Gasteiger partial charge < -0.3 is 9.84 Å². The number of rotatable bonds is 7. The van der Waals surface area contributed by atoms with Crippen LogP contribution in [0.15, 0.2) is 39.8 Å². The highest BCUT2D eigenvalue weighted by Gasteiger charge is 2.34. The van der Waals surface area contributed by atoms with Gasteiger partial charge in [-0.3, -0.25) is 9.59 Å². The Morgan fingerprint density at radius 2 is 1.83 bits per heavy atom. The molecule has 1 amide bonds. The summed E-state index contributed by atoms with van der Waals surface area (Å²) < 4.78 is 33.4. The van der Waals surface area contributed by atoms with E-state index in [1.54, 1.807) is 37.3 Å². The van der Waals surface area contributed by atoms with Crippen molar-refractivity contribution in [2.75, 3.05) is 18.4 Å². The van der Waals surface area contributed by atoms with Crippen LogP contribution >= 0.6 is 11.3 Å². The van der Waals surface area contributed by atoms with Crippen molar-refractivity contribution in [3.63, 3.8) is 0 Å². The van der Waals surface area contributed by atoms with Gasteiger partial charge in [0.05, 0.1) is 9.77 Å². The molecule has 3 aromatic rings. The molecule has 1 saturated heterocycles. The van der Waals surface area contributed by atoms with Gasteiger partial charge in [0.1, 0.15) is 0 Å². The molecule has 3 heterocycles. The van der Waals surface area contributed by atoms with Gasteiger partial charge in [0.15, 0.2) is 5.78 Å². The van der Waals surface area contributed by atoms with E-state index in [2.05, 4.69) is 15.5 Å². The minimum absolute atomic E-state index is 0.0398. The van der Waals surface area contributed by atoms with E-state index in [1.165, 1.54) is 22.6 Å². The molecular formula is C24H28N4O5S2. The summed E-state index contributed by atoms with van der Waals surface area (Å²) in [5, 5.41) is 6.85. The molecule has 1 aliphatic heterocycles. The quantitative estimate of drug-likeness (QED) is 0.460. The number of piperidine rings is 1. The number of nitrogens with zero attached hydrogens (tertiary/aromatic N) is 3. The number of nitrogens with one attached hydrogen (secondary N) is 1. The third-order valence-corrected chi connectivity index (χ3v) is 9.23. The van der Waals surface area contributed by atoms with Crippen LogP contribution in [0.25, 0.3) is 10.7 Å². The molecule has 1 N–H and O–H groups in total. The summed E-state index contributed by atoms with van der Waals surface area (Å²) in [5.41, 5.74) is 1.19. The van der Waals surface area contributed by atoms with Crippen LogP contribution in [0.4, 0.5) is 5.69 Å². The molecule has 1 aromatic carbocycles. The summed E-state index contributed by atoms with van der Waals surface area (Å²) in [6, 6.07) is 8.33. The molecule has 0 spiro atoms. The van der Waals surface area contributed by atoms with Crippen LogP contribution in [-0.2, 0) is 14.8 Å². The molecular weight excluding hydrogens is 488 g/mol. The van der Waals surface area contributed by atoms with E-state index >= 15 is 0 Å². The number of aryl methyl sites for hydroxylation is 1. The zero-order valence-electron chi connectivity index (χ0n) is 20.1. The van der Waals surface area contributed by atoms with Crippen molar-refractivity contribution in [3.8, 4) is 10.7 Å². The minimum Gasteiger partial charge on any atom is -0.339 e. The van der Waals surface area contributed by atoms with Crippen molar-refractivity contribution < 1.29 is 22.5 Å². The average molecular weight is 517 g/mol. The molecule has 0 atom stereocenters. The van der Waals surface area contributed by atoms with Gasteiger partial charge in [-0.2, -0.15) is 9.29 Å². The predicted octanol–water partition coefficient (Wildman–Crippen LogP) is 4.47. The topological polar surface area (TPSA) is 122 Å². The van der Waals surface area contributed by atoms with E-state index in [0.717, 1.165) is 0 Å². The molecule has 0 bridgehead atoms. The fourth-order valence-corrected chi connectivity index (χ4v) is 6.89. The molecule has 1 fully saturated rings. The summed E-state index contributed by atoms with van der Waals surface area (Å²) in [4.78, 5) is 30.0. The summed E-state index contributed by atoms with van der Waals surface area (Å²) >= 11 is 1.32. The standard InChI is InChI=1S/C24H28N4O5S2/c1-14(2)24-26-22(27-33-24)20-13-21(16(4)34-20)35(31,32)28-11-9-18(10-12-28)23(30)25-19-7-5-17(6-8-19)15(3)29/h5-8,13-14,18H,9-12H2,1-4H3,(H,25,30). The number of hydrogen-bond donors (Lipinski definition) is 1. The van der Waals surface area contributed by atoms with Gasteiger partial charge in [-0.1, -0.05) is 19.0 Å². The van der Waals surface area contributed by atoms with E-state index in [4.69, 9.17) is 4.52 Å². The van der Waals surface area contributed by atoms with E-state index < -0.39 is 10.0 Å². The molecule has 0 aliphatic carbocycles. The maximum Gasteiger partial charge on any atom is 0.244 e. The smallest absolute Gasteiger partial charge is 0.244 e. The van der Waals surface area contributed by atoms with Crippen molar-refractivity contribution in [2.45, 2.75) is 51.3 Å². The van der Waals surface area contributed by atoms with E-state index in [1.807, 2.05) is 13.8 Å². The number of amides is 1. The number of ketones is 1. The van der Waals surface area contributed by atoms with Crippen molar-refractivity contribution in [1.29, 1.82) is 0 Å². The fraction of sp³-hybridized carbons (Fsp3) is 0.417. The number of anilines is 1. The Bertz CT molecular complexity index is 1330. The third-order valence-electron chi connectivity index (χ3n) is 6.03. The van der Waals surface area contributed by atoms with Crippen molar-refractivity contribution in [1.82, 2.24) is 14.4 Å². The molecule has 186 valence electrons. The number of aromatic nitrogens is 2. The molecule has 2 aromatic heterocycles. The second-order valence-electron chi connectivity index (χ2n) is 8.94. The van der Waals surface area contributed by atoms with Gasteiger partial charge in [-0.15, -0.1) is 11.3 Å². The van der Waals surface area contributed by atoms with Crippen LogP contribution in [0.1, 0.15) is 60.7 Å². The van der Waals surface area contributed by atoms with Gasteiger partial charge in [0.25, 0.3) is 0 Å². The highest BCUT2D eigenvalue weighted by atomic mass is 32.2. The molecule has 9 nitrogen and oxygen atoms in total. The Labute approximate surface area is 208 Å². The normalized spacial score (nSPS) is 15.5. The SMILES string of the molecule is CC(=O)c1ccc(NC(=O)C2CCN(S(=O)(=O)c3cc(-c4noc(C(C)C)n4)sc3C)CC2)cc1. The minimum atomic E-state index is -3.72. The number of carbonyl (C=O) groups excluding carboxylic acids is 2. The molecule has 11 heteroatoms. The lowest BCUT2D eigenvalue weighted by Crippen LogP contribution is -2.41. The number of carbonyl (C=O) groups is 2. The Balaban J connectivity index is 1.40. The fourth-order valence-electron chi connectivity index (χ4n) is 3.93. The van der Waals surface area contributed by atoms with E-state index in [-0.39, 0.29) is 41.5 Å². The number of Topliss-reactive ketones (excluding diaryl/α,β-unsaturated/α-hetero) is 1. The first-order valence-corrected chi connectivity index (χ1v) is 13.7. The molecule has 4 rings (SSSR count). The first-order chi connectivity index (χ1) is 16.6. The molecule has 0 radical (unpaired) electrons. The Morgan fingerprint density at radius 3 is 2.40 bits per heavy atom. The Kier molecular flexibility index (Phi) is 7.20. The molecule has 0 unspecified atom stereocenters. The van der Waals surface area contributed by atoms with Crippen LogP contribution in [0.5, 0.6) is 0 Å². The second-order valence-corrected chi connectivity index (χ2v) is 12.1. The van der Waals surface area contributed by atoms with Gasteiger partial charge >= 0.3 is 0 Å². The lowest BCUT2D eigenvalue weighted by molar-refractivity contribution is -0.120. The number of benzene rings is 1. The maximum atomic E-state index is 13.4. The van der Waals surface area contributed by atoms with Crippen LogP contribution < -0.4 is 5.32 Å². The molecule has 0 saturated carbocycles. The van der Waals surface area contributed by atoms with Crippen LogP contribution in [0.2, 0.25) is 0 Å². The van der Waals surface area contributed by atoms with E-state index in [0.29, 0.717) is 45.6 Å². The van der Waals surface area contributed by atoms with Crippen LogP contribution in [0, 0.1) is 12.8 Å². The monoisotopic (exact) mass is 516 g/mol. The second kappa shape index (κ2) is 10.00. The van der Waals surface area contributed by atoms with Gasteiger partial charge in [0.2, 0.25) is 27.6 Å². The van der Waals surface area contributed by atoms with Crippen LogP contribution in [-0.4, -0.2) is 47.6 Å². The van der Waals surface area contributed by atoms with Crippen molar-refractivity contribution >= 4 is 38.7 Å². The Morgan fingerprint density at radius 1 is 1.17 bits per heavy atom. The zero-order valence-corrected chi connectivity index (χ0v) is 21.7. The lowest BCUT2D eigenvalue weighted by Gasteiger charge is -2.30. The van der Waals surface area contributed by atoms with Crippen molar-refractivity contribution in [2.24, 2.45) is 5.92 Å².